The van der Waals surface area contributed by atoms with Crippen LogP contribution in [-0.2, 0) is 6.54 Å². The van der Waals surface area contributed by atoms with Gasteiger partial charge in [0.15, 0.2) is 5.82 Å². The Balaban J connectivity index is 2.32. The molecule has 1 heterocycles. The van der Waals surface area contributed by atoms with Crippen molar-refractivity contribution in [1.29, 1.82) is 0 Å². The molecule has 0 aliphatic rings. The summed E-state index contributed by atoms with van der Waals surface area (Å²) in [6, 6.07) is 11.9. The fraction of sp³-hybridized carbons (Fsp3) is 0.188. The molecule has 0 unspecified atom stereocenters. The minimum Gasteiger partial charge on any atom is -0.507 e. The minimum atomic E-state index is -0.339. The molecule has 1 N–H and O–H groups in total. The maximum absolute atomic E-state index is 13.9. The molecule has 0 saturated carbocycles. The van der Waals surface area contributed by atoms with Crippen LogP contribution >= 0.6 is 0 Å². The van der Waals surface area contributed by atoms with E-state index in [0.29, 0.717) is 16.9 Å². The van der Waals surface area contributed by atoms with E-state index >= 15 is 0 Å². The maximum Gasteiger partial charge on any atom is 0.151 e. The molecule has 0 spiro atoms. The molecule has 0 aliphatic heterocycles. The number of para-hydroxylation sites is 2. The molecule has 0 aliphatic carbocycles. The van der Waals surface area contributed by atoms with Gasteiger partial charge in [-0.05, 0) is 30.7 Å². The zero-order valence-corrected chi connectivity index (χ0v) is 11.2. The standard InChI is InChI=1S/C16H15FN2O/c1-2-10-19-13-8-5-7-12(17)15(13)18-16(19)11-6-3-4-9-14(11)20/h3-9,20H,2,10H2,1H3. The summed E-state index contributed by atoms with van der Waals surface area (Å²) in [7, 11) is 0. The van der Waals surface area contributed by atoms with Crippen LogP contribution in [-0.4, -0.2) is 14.7 Å². The fourth-order valence-corrected chi connectivity index (χ4v) is 2.43. The quantitative estimate of drug-likeness (QED) is 0.782. The highest BCUT2D eigenvalue weighted by Crippen LogP contribution is 2.31. The molecule has 2 aromatic carbocycles. The number of aromatic hydroxyl groups is 1. The third-order valence-corrected chi connectivity index (χ3v) is 3.32. The summed E-state index contributed by atoms with van der Waals surface area (Å²) in [5.41, 5.74) is 1.72. The Morgan fingerprint density at radius 3 is 2.70 bits per heavy atom. The van der Waals surface area contributed by atoms with Crippen LogP contribution in [0.15, 0.2) is 42.5 Å². The van der Waals surface area contributed by atoms with Gasteiger partial charge in [-0.3, -0.25) is 0 Å². The number of aromatic nitrogens is 2. The SMILES string of the molecule is CCCn1c(-c2ccccc2O)nc2c(F)cccc21. The normalized spacial score (nSPS) is 11.1. The van der Waals surface area contributed by atoms with Gasteiger partial charge in [0.05, 0.1) is 11.1 Å². The number of hydrogen-bond donors (Lipinski definition) is 1. The van der Waals surface area contributed by atoms with E-state index < -0.39 is 0 Å². The van der Waals surface area contributed by atoms with Crippen molar-refractivity contribution >= 4 is 11.0 Å². The number of fused-ring (bicyclic) bond motifs is 1. The molecule has 1 aromatic heterocycles. The van der Waals surface area contributed by atoms with Crippen molar-refractivity contribution < 1.29 is 9.50 Å². The number of benzene rings is 2. The predicted octanol–water partition coefficient (Wildman–Crippen LogP) is 3.96. The average Bonchev–Trinajstić information content (AvgIpc) is 2.80. The van der Waals surface area contributed by atoms with Crippen molar-refractivity contribution in [3.05, 3.63) is 48.3 Å². The molecule has 0 atom stereocenters. The average molecular weight is 270 g/mol. The van der Waals surface area contributed by atoms with E-state index in [2.05, 4.69) is 11.9 Å². The number of phenols is 1. The highest BCUT2D eigenvalue weighted by Gasteiger charge is 2.16. The summed E-state index contributed by atoms with van der Waals surface area (Å²) in [4.78, 5) is 4.39. The molecule has 0 bridgehead atoms. The van der Waals surface area contributed by atoms with E-state index in [1.54, 1.807) is 24.3 Å². The lowest BCUT2D eigenvalue weighted by molar-refractivity contribution is 0.476. The third kappa shape index (κ3) is 1.93. The van der Waals surface area contributed by atoms with Crippen LogP contribution in [0.3, 0.4) is 0 Å². The lowest BCUT2D eigenvalue weighted by atomic mass is 10.2. The molecule has 102 valence electrons. The van der Waals surface area contributed by atoms with Crippen LogP contribution in [0.1, 0.15) is 13.3 Å². The van der Waals surface area contributed by atoms with Gasteiger partial charge < -0.3 is 9.67 Å². The zero-order chi connectivity index (χ0) is 14.1. The van der Waals surface area contributed by atoms with Crippen LogP contribution in [0.4, 0.5) is 4.39 Å². The summed E-state index contributed by atoms with van der Waals surface area (Å²) in [5.74, 6) is 0.416. The second-order valence-corrected chi connectivity index (χ2v) is 4.71. The second kappa shape index (κ2) is 4.96. The Morgan fingerprint density at radius 2 is 1.95 bits per heavy atom. The summed E-state index contributed by atoms with van der Waals surface area (Å²) in [5, 5.41) is 10.0. The molecule has 20 heavy (non-hydrogen) atoms. The van der Waals surface area contributed by atoms with Crippen molar-refractivity contribution in [2.75, 3.05) is 0 Å². The first-order valence-electron chi connectivity index (χ1n) is 6.65. The monoisotopic (exact) mass is 270 g/mol. The number of nitrogens with zero attached hydrogens (tertiary/aromatic N) is 2. The lowest BCUT2D eigenvalue weighted by Gasteiger charge is -2.08. The van der Waals surface area contributed by atoms with Crippen molar-refractivity contribution in [1.82, 2.24) is 9.55 Å². The number of halogens is 1. The Hall–Kier alpha value is -2.36. The molecular weight excluding hydrogens is 255 g/mol. The van der Waals surface area contributed by atoms with E-state index in [9.17, 15) is 9.50 Å². The minimum absolute atomic E-state index is 0.153. The first-order chi connectivity index (χ1) is 9.72. The molecule has 3 nitrogen and oxygen atoms in total. The van der Waals surface area contributed by atoms with Gasteiger partial charge in [-0.15, -0.1) is 0 Å². The lowest BCUT2D eigenvalue weighted by Crippen LogP contribution is -1.99. The summed E-state index contributed by atoms with van der Waals surface area (Å²) < 4.78 is 15.8. The highest BCUT2D eigenvalue weighted by molar-refractivity contribution is 5.82. The van der Waals surface area contributed by atoms with Crippen LogP contribution in [0.25, 0.3) is 22.4 Å². The second-order valence-electron chi connectivity index (χ2n) is 4.71. The largest absolute Gasteiger partial charge is 0.507 e. The van der Waals surface area contributed by atoms with Crippen molar-refractivity contribution in [3.63, 3.8) is 0 Å². The molecule has 0 radical (unpaired) electrons. The van der Waals surface area contributed by atoms with Crippen LogP contribution < -0.4 is 0 Å². The van der Waals surface area contributed by atoms with Gasteiger partial charge in [0.1, 0.15) is 17.1 Å². The molecule has 0 fully saturated rings. The van der Waals surface area contributed by atoms with Crippen molar-refractivity contribution in [3.8, 4) is 17.1 Å². The van der Waals surface area contributed by atoms with E-state index in [1.807, 2.05) is 16.7 Å². The summed E-state index contributed by atoms with van der Waals surface area (Å²) in [6.45, 7) is 2.78. The number of aryl methyl sites for hydroxylation is 1. The molecule has 0 saturated heterocycles. The maximum atomic E-state index is 13.9. The highest BCUT2D eigenvalue weighted by atomic mass is 19.1. The fourth-order valence-electron chi connectivity index (χ4n) is 2.43. The van der Waals surface area contributed by atoms with Gasteiger partial charge in [-0.2, -0.15) is 0 Å². The third-order valence-electron chi connectivity index (χ3n) is 3.32. The predicted molar refractivity (Wildman–Crippen MR) is 77.1 cm³/mol. The molecule has 4 heteroatoms. The first-order valence-corrected chi connectivity index (χ1v) is 6.65. The van der Waals surface area contributed by atoms with Crippen molar-refractivity contribution in [2.24, 2.45) is 0 Å². The van der Waals surface area contributed by atoms with Gasteiger partial charge in [-0.1, -0.05) is 25.1 Å². The summed E-state index contributed by atoms with van der Waals surface area (Å²) >= 11 is 0. The van der Waals surface area contributed by atoms with E-state index in [1.165, 1.54) is 6.07 Å². The Bertz CT molecular complexity index is 764. The molecule has 3 aromatic rings. The molecule has 3 rings (SSSR count). The van der Waals surface area contributed by atoms with Gasteiger partial charge >= 0.3 is 0 Å². The van der Waals surface area contributed by atoms with Crippen molar-refractivity contribution in [2.45, 2.75) is 19.9 Å². The zero-order valence-electron chi connectivity index (χ0n) is 11.2. The van der Waals surface area contributed by atoms with E-state index in [4.69, 9.17) is 0 Å². The molecule has 0 amide bonds. The van der Waals surface area contributed by atoms with E-state index in [0.717, 1.165) is 18.5 Å². The van der Waals surface area contributed by atoms with Gasteiger partial charge in [-0.25, -0.2) is 9.37 Å². The molecular formula is C16H15FN2O. The Morgan fingerprint density at radius 1 is 1.15 bits per heavy atom. The van der Waals surface area contributed by atoms with Crippen LogP contribution in [0.2, 0.25) is 0 Å². The van der Waals surface area contributed by atoms with E-state index in [-0.39, 0.29) is 11.6 Å². The Labute approximate surface area is 116 Å². The topological polar surface area (TPSA) is 38.0 Å². The summed E-state index contributed by atoms with van der Waals surface area (Å²) in [6.07, 6.45) is 0.905. The number of phenolic OH excluding ortho intramolecular Hbond substituents is 1. The number of imidazole rings is 1. The Kier molecular flexibility index (Phi) is 3.14. The number of hydrogen-bond acceptors (Lipinski definition) is 2. The first kappa shape index (κ1) is 12.7. The van der Waals surface area contributed by atoms with Gasteiger partial charge in [0, 0.05) is 6.54 Å². The van der Waals surface area contributed by atoms with Crippen LogP contribution in [0.5, 0.6) is 5.75 Å². The van der Waals surface area contributed by atoms with Crippen LogP contribution in [0, 0.1) is 5.82 Å². The number of rotatable bonds is 3. The van der Waals surface area contributed by atoms with Gasteiger partial charge in [0.2, 0.25) is 0 Å². The van der Waals surface area contributed by atoms with Gasteiger partial charge in [0.25, 0.3) is 0 Å². The smallest absolute Gasteiger partial charge is 0.151 e.